The van der Waals surface area contributed by atoms with E-state index in [4.69, 9.17) is 0 Å². The van der Waals surface area contributed by atoms with E-state index in [2.05, 4.69) is 9.97 Å². The highest BCUT2D eigenvalue weighted by molar-refractivity contribution is 7.09. The molecule has 0 aliphatic carbocycles. The van der Waals surface area contributed by atoms with Crippen molar-refractivity contribution >= 4 is 11.3 Å². The third kappa shape index (κ3) is 3.01. The molecule has 0 aliphatic heterocycles. The molecule has 0 unspecified atom stereocenters. The molecule has 1 aromatic carbocycles. The Balaban J connectivity index is 1.93. The van der Waals surface area contributed by atoms with E-state index >= 15 is 0 Å². The molecule has 0 fully saturated rings. The van der Waals surface area contributed by atoms with Crippen LogP contribution in [0.25, 0.3) is 22.5 Å². The topological polar surface area (TPSA) is 25.8 Å². The Bertz CT molecular complexity index is 792. The minimum absolute atomic E-state index is 0.441. The van der Waals surface area contributed by atoms with Gasteiger partial charge >= 0.3 is 6.18 Å². The van der Waals surface area contributed by atoms with Crippen LogP contribution in [0, 0.1) is 6.92 Å². The second kappa shape index (κ2) is 5.53. The van der Waals surface area contributed by atoms with Crippen molar-refractivity contribution in [2.45, 2.75) is 13.1 Å². The van der Waals surface area contributed by atoms with Gasteiger partial charge in [0.15, 0.2) is 0 Å². The van der Waals surface area contributed by atoms with E-state index in [9.17, 15) is 13.2 Å². The molecule has 2 aromatic heterocycles. The zero-order valence-corrected chi connectivity index (χ0v) is 12.4. The Morgan fingerprint density at radius 1 is 1.00 bits per heavy atom. The number of benzene rings is 1. The van der Waals surface area contributed by atoms with Crippen molar-refractivity contribution in [3.8, 4) is 22.5 Å². The summed E-state index contributed by atoms with van der Waals surface area (Å²) >= 11 is 1.54. The van der Waals surface area contributed by atoms with E-state index < -0.39 is 11.7 Å². The predicted molar refractivity (Wildman–Crippen MR) is 80.5 cm³/mol. The molecule has 0 saturated carbocycles. The van der Waals surface area contributed by atoms with Gasteiger partial charge in [-0.2, -0.15) is 13.2 Å². The molecule has 2 nitrogen and oxygen atoms in total. The fraction of sp³-hybridized carbons (Fsp3) is 0.125. The molecular weight excluding hydrogens is 309 g/mol. The molecule has 2 heterocycles. The molecule has 0 amide bonds. The van der Waals surface area contributed by atoms with Crippen molar-refractivity contribution in [3.63, 3.8) is 0 Å². The predicted octanol–water partition coefficient (Wildman–Crippen LogP) is 5.20. The molecule has 0 N–H and O–H groups in total. The largest absolute Gasteiger partial charge is 0.416 e. The van der Waals surface area contributed by atoms with E-state index in [1.54, 1.807) is 29.7 Å². The summed E-state index contributed by atoms with van der Waals surface area (Å²) in [5, 5.41) is 2.88. The summed E-state index contributed by atoms with van der Waals surface area (Å²) in [6.07, 6.45) is -2.72. The summed E-state index contributed by atoms with van der Waals surface area (Å²) in [5.74, 6) is 0. The van der Waals surface area contributed by atoms with Crippen LogP contribution >= 0.6 is 11.3 Å². The van der Waals surface area contributed by atoms with Crippen LogP contribution in [-0.4, -0.2) is 9.97 Å². The van der Waals surface area contributed by atoms with Crippen LogP contribution in [-0.2, 0) is 6.18 Å². The smallest absolute Gasteiger partial charge is 0.256 e. The summed E-state index contributed by atoms with van der Waals surface area (Å²) < 4.78 is 38.2. The van der Waals surface area contributed by atoms with Gasteiger partial charge in [-0.25, -0.2) is 4.98 Å². The number of pyridine rings is 1. The summed E-state index contributed by atoms with van der Waals surface area (Å²) in [7, 11) is 0. The Morgan fingerprint density at radius 3 is 2.41 bits per heavy atom. The number of hydrogen-bond acceptors (Lipinski definition) is 3. The average molecular weight is 320 g/mol. The number of alkyl halides is 3. The number of halogens is 3. The minimum atomic E-state index is -4.35. The molecule has 112 valence electrons. The first-order valence-corrected chi connectivity index (χ1v) is 7.37. The number of nitrogens with zero attached hydrogens (tertiary/aromatic N) is 2. The van der Waals surface area contributed by atoms with Crippen LogP contribution in [0.2, 0.25) is 0 Å². The van der Waals surface area contributed by atoms with Crippen molar-refractivity contribution in [2.75, 3.05) is 0 Å². The van der Waals surface area contributed by atoms with Crippen molar-refractivity contribution in [1.82, 2.24) is 9.97 Å². The number of thiazole rings is 1. The maximum atomic E-state index is 12.7. The zero-order valence-electron chi connectivity index (χ0n) is 11.6. The molecule has 0 bridgehead atoms. The Hall–Kier alpha value is -2.21. The molecule has 0 atom stereocenters. The number of aromatic nitrogens is 2. The Labute approximate surface area is 129 Å². The average Bonchev–Trinajstić information content (AvgIpc) is 2.93. The van der Waals surface area contributed by atoms with Crippen LogP contribution < -0.4 is 0 Å². The van der Waals surface area contributed by atoms with E-state index in [-0.39, 0.29) is 0 Å². The van der Waals surface area contributed by atoms with Crippen molar-refractivity contribution in [2.24, 2.45) is 0 Å². The van der Waals surface area contributed by atoms with Crippen LogP contribution in [0.3, 0.4) is 0 Å². The van der Waals surface area contributed by atoms with Crippen molar-refractivity contribution in [1.29, 1.82) is 0 Å². The lowest BCUT2D eigenvalue weighted by atomic mass is 10.1. The molecule has 0 spiro atoms. The van der Waals surface area contributed by atoms with Gasteiger partial charge in [0.05, 0.1) is 22.0 Å². The van der Waals surface area contributed by atoms with E-state index in [1.807, 2.05) is 18.4 Å². The number of hydrogen-bond donors (Lipinski definition) is 0. The molecule has 6 heteroatoms. The highest BCUT2D eigenvalue weighted by Crippen LogP contribution is 2.32. The quantitative estimate of drug-likeness (QED) is 0.648. The zero-order chi connectivity index (χ0) is 15.7. The third-order valence-corrected chi connectivity index (χ3v) is 3.94. The third-order valence-electron chi connectivity index (χ3n) is 3.16. The first-order chi connectivity index (χ1) is 10.4. The Kier molecular flexibility index (Phi) is 3.70. The Morgan fingerprint density at radius 2 is 1.82 bits per heavy atom. The molecular formula is C16H11F3N2S. The summed E-state index contributed by atoms with van der Waals surface area (Å²) in [6.45, 7) is 1.92. The van der Waals surface area contributed by atoms with E-state index in [0.29, 0.717) is 11.3 Å². The van der Waals surface area contributed by atoms with Crippen LogP contribution in [0.15, 0.2) is 48.0 Å². The monoisotopic (exact) mass is 320 g/mol. The van der Waals surface area contributed by atoms with Gasteiger partial charge in [-0.3, -0.25) is 4.98 Å². The summed E-state index contributed by atoms with van der Waals surface area (Å²) in [6, 6.07) is 8.68. The van der Waals surface area contributed by atoms with Crippen LogP contribution in [0.1, 0.15) is 10.6 Å². The minimum Gasteiger partial charge on any atom is -0.256 e. The van der Waals surface area contributed by atoms with E-state index in [0.717, 1.165) is 28.4 Å². The van der Waals surface area contributed by atoms with E-state index in [1.165, 1.54) is 6.07 Å². The second-order valence-electron chi connectivity index (χ2n) is 4.76. The van der Waals surface area contributed by atoms with Gasteiger partial charge in [-0.05, 0) is 31.2 Å². The lowest BCUT2D eigenvalue weighted by Crippen LogP contribution is -2.04. The van der Waals surface area contributed by atoms with Gasteiger partial charge in [0, 0.05) is 22.7 Å². The second-order valence-corrected chi connectivity index (χ2v) is 5.82. The molecule has 0 radical (unpaired) electrons. The van der Waals surface area contributed by atoms with Crippen LogP contribution in [0.4, 0.5) is 13.2 Å². The van der Waals surface area contributed by atoms with Crippen LogP contribution in [0.5, 0.6) is 0 Å². The first-order valence-electron chi connectivity index (χ1n) is 6.50. The van der Waals surface area contributed by atoms with Gasteiger partial charge in [-0.1, -0.05) is 12.1 Å². The van der Waals surface area contributed by atoms with Gasteiger partial charge in [-0.15, -0.1) is 11.3 Å². The lowest BCUT2D eigenvalue weighted by molar-refractivity contribution is -0.137. The SMILES string of the molecule is Cc1nc(-c2ccc(-c3cccc(C(F)(F)F)c3)nc2)cs1. The molecule has 0 aliphatic rings. The van der Waals surface area contributed by atoms with Gasteiger partial charge in [0.2, 0.25) is 0 Å². The fourth-order valence-electron chi connectivity index (χ4n) is 2.07. The van der Waals surface area contributed by atoms with Gasteiger partial charge in [0.1, 0.15) is 0 Å². The number of aryl methyl sites for hydroxylation is 1. The molecule has 3 aromatic rings. The van der Waals surface area contributed by atoms with Crippen molar-refractivity contribution < 1.29 is 13.2 Å². The lowest BCUT2D eigenvalue weighted by Gasteiger charge is -2.08. The highest BCUT2D eigenvalue weighted by Gasteiger charge is 2.30. The summed E-state index contributed by atoms with van der Waals surface area (Å²) in [4.78, 5) is 8.61. The number of rotatable bonds is 2. The van der Waals surface area contributed by atoms with Gasteiger partial charge in [0.25, 0.3) is 0 Å². The van der Waals surface area contributed by atoms with Crippen molar-refractivity contribution in [3.05, 3.63) is 58.5 Å². The normalized spacial score (nSPS) is 11.6. The summed E-state index contributed by atoms with van der Waals surface area (Å²) in [5.41, 5.74) is 1.94. The molecule has 3 rings (SSSR count). The standard InChI is InChI=1S/C16H11F3N2S/c1-10-21-15(9-22-10)12-5-6-14(20-8-12)11-3-2-4-13(7-11)16(17,18)19/h2-9H,1H3. The fourth-order valence-corrected chi connectivity index (χ4v) is 2.69. The first kappa shape index (κ1) is 14.7. The maximum Gasteiger partial charge on any atom is 0.416 e. The highest BCUT2D eigenvalue weighted by atomic mass is 32.1. The van der Waals surface area contributed by atoms with Gasteiger partial charge < -0.3 is 0 Å². The molecule has 22 heavy (non-hydrogen) atoms. The molecule has 0 saturated heterocycles. The maximum absolute atomic E-state index is 12.7.